The number of carbonyl (C=O) groups excluding carboxylic acids is 1. The molecule has 2 aromatic heterocycles. The third kappa shape index (κ3) is 4.89. The number of nitrogens with one attached hydrogen (secondary N) is 1. The van der Waals surface area contributed by atoms with E-state index in [1.165, 1.54) is 0 Å². The minimum absolute atomic E-state index is 0.0925. The van der Waals surface area contributed by atoms with Crippen LogP contribution in [0.5, 0.6) is 0 Å². The third-order valence-electron chi connectivity index (χ3n) is 4.73. The second kappa shape index (κ2) is 9.47. The summed E-state index contributed by atoms with van der Waals surface area (Å²) in [6, 6.07) is 25.4. The van der Waals surface area contributed by atoms with E-state index in [1.807, 2.05) is 78.9 Å². The number of benzene rings is 2. The molecule has 0 saturated carbocycles. The number of para-hydroxylation sites is 1. The van der Waals surface area contributed by atoms with Crippen molar-refractivity contribution < 1.29 is 4.79 Å². The highest BCUT2D eigenvalue weighted by molar-refractivity contribution is 6.06. The summed E-state index contributed by atoms with van der Waals surface area (Å²) < 4.78 is 0. The van der Waals surface area contributed by atoms with Crippen LogP contribution in [0.4, 0.5) is 11.4 Å². The fraction of sp³-hybridized carbons (Fsp3) is 0.0800. The van der Waals surface area contributed by atoms with Crippen LogP contribution in [0.15, 0.2) is 104 Å². The molecule has 0 aliphatic carbocycles. The lowest BCUT2D eigenvalue weighted by Gasteiger charge is -2.23. The summed E-state index contributed by atoms with van der Waals surface area (Å²) in [5.74, 6) is -0.0925. The van der Waals surface area contributed by atoms with Crippen LogP contribution in [-0.2, 0) is 13.1 Å². The van der Waals surface area contributed by atoms with Crippen molar-refractivity contribution in [1.29, 1.82) is 0 Å². The van der Waals surface area contributed by atoms with Gasteiger partial charge in [0.05, 0.1) is 17.8 Å². The van der Waals surface area contributed by atoms with Gasteiger partial charge in [0.1, 0.15) is 0 Å². The van der Waals surface area contributed by atoms with Gasteiger partial charge in [-0.3, -0.25) is 14.8 Å². The molecule has 0 atom stereocenters. The fourth-order valence-corrected chi connectivity index (χ4v) is 3.17. The molecule has 1 amide bonds. The zero-order valence-electron chi connectivity index (χ0n) is 16.5. The molecule has 1 N–H and O–H groups in total. The molecule has 0 bridgehead atoms. The first-order chi connectivity index (χ1) is 14.8. The van der Waals surface area contributed by atoms with E-state index in [9.17, 15) is 4.79 Å². The quantitative estimate of drug-likeness (QED) is 0.483. The summed E-state index contributed by atoms with van der Waals surface area (Å²) in [6.07, 6.45) is 6.86. The maximum Gasteiger partial charge on any atom is 0.260 e. The lowest BCUT2D eigenvalue weighted by molar-refractivity contribution is 0.0985. The lowest BCUT2D eigenvalue weighted by Crippen LogP contribution is -2.30. The molecule has 0 fully saturated rings. The predicted octanol–water partition coefficient (Wildman–Crippen LogP) is 4.94. The predicted molar refractivity (Wildman–Crippen MR) is 119 cm³/mol. The van der Waals surface area contributed by atoms with Gasteiger partial charge in [-0.2, -0.15) is 0 Å². The number of aromatic nitrogens is 2. The van der Waals surface area contributed by atoms with Crippen LogP contribution >= 0.6 is 0 Å². The zero-order chi connectivity index (χ0) is 20.6. The summed E-state index contributed by atoms with van der Waals surface area (Å²) in [5, 5.41) is 3.32. The van der Waals surface area contributed by atoms with Gasteiger partial charge in [-0.15, -0.1) is 0 Å². The van der Waals surface area contributed by atoms with Gasteiger partial charge in [0.15, 0.2) is 0 Å². The van der Waals surface area contributed by atoms with E-state index in [-0.39, 0.29) is 5.91 Å². The first-order valence-corrected chi connectivity index (χ1v) is 9.78. The summed E-state index contributed by atoms with van der Waals surface area (Å²) >= 11 is 0. The molecule has 4 aromatic rings. The summed E-state index contributed by atoms with van der Waals surface area (Å²) in [5.41, 5.74) is 4.35. The van der Waals surface area contributed by atoms with Crippen LogP contribution < -0.4 is 10.2 Å². The highest BCUT2D eigenvalue weighted by atomic mass is 16.2. The van der Waals surface area contributed by atoms with Crippen LogP contribution in [0.1, 0.15) is 21.5 Å². The van der Waals surface area contributed by atoms with Gasteiger partial charge in [0.25, 0.3) is 5.91 Å². The third-order valence-corrected chi connectivity index (χ3v) is 4.73. The lowest BCUT2D eigenvalue weighted by atomic mass is 10.1. The van der Waals surface area contributed by atoms with Crippen LogP contribution in [0, 0.1) is 0 Å². The Balaban J connectivity index is 1.56. The molecule has 0 aliphatic heterocycles. The zero-order valence-corrected chi connectivity index (χ0v) is 16.5. The Hall–Kier alpha value is -3.99. The Kier molecular flexibility index (Phi) is 6.11. The average molecular weight is 394 g/mol. The van der Waals surface area contributed by atoms with E-state index >= 15 is 0 Å². The molecule has 0 radical (unpaired) electrons. The fourth-order valence-electron chi connectivity index (χ4n) is 3.17. The van der Waals surface area contributed by atoms with Gasteiger partial charge in [0.2, 0.25) is 0 Å². The second-order valence-electron chi connectivity index (χ2n) is 6.88. The number of carbonyl (C=O) groups is 1. The molecule has 0 spiro atoms. The maximum atomic E-state index is 13.4. The molecule has 148 valence electrons. The van der Waals surface area contributed by atoms with Gasteiger partial charge in [0, 0.05) is 37.0 Å². The van der Waals surface area contributed by atoms with E-state index < -0.39 is 0 Å². The van der Waals surface area contributed by atoms with Crippen LogP contribution in [-0.4, -0.2) is 15.9 Å². The van der Waals surface area contributed by atoms with Gasteiger partial charge in [-0.25, -0.2) is 0 Å². The normalized spacial score (nSPS) is 10.4. The maximum absolute atomic E-state index is 13.4. The molecule has 30 heavy (non-hydrogen) atoms. The van der Waals surface area contributed by atoms with E-state index in [1.54, 1.807) is 29.7 Å². The number of rotatable bonds is 7. The van der Waals surface area contributed by atoms with Crippen molar-refractivity contribution in [3.8, 4) is 0 Å². The SMILES string of the molecule is O=C(c1cncc(NCc2ccncc2)c1)N(Cc1ccccc1)c1ccccc1. The van der Waals surface area contributed by atoms with Crippen molar-refractivity contribution in [1.82, 2.24) is 9.97 Å². The van der Waals surface area contributed by atoms with Crippen molar-refractivity contribution >= 4 is 17.3 Å². The Morgan fingerprint density at radius 3 is 2.23 bits per heavy atom. The molecule has 2 aromatic carbocycles. The number of amides is 1. The van der Waals surface area contributed by atoms with Crippen LogP contribution in [0.2, 0.25) is 0 Å². The number of pyridine rings is 2. The highest BCUT2D eigenvalue weighted by Gasteiger charge is 2.19. The summed E-state index contributed by atoms with van der Waals surface area (Å²) in [4.78, 5) is 23.5. The molecular formula is C25H22N4O. The number of hydrogen-bond donors (Lipinski definition) is 1. The van der Waals surface area contributed by atoms with Crippen molar-refractivity contribution in [3.63, 3.8) is 0 Å². The Bertz CT molecular complexity index is 1090. The highest BCUT2D eigenvalue weighted by Crippen LogP contribution is 2.21. The number of nitrogens with zero attached hydrogens (tertiary/aromatic N) is 3. The number of hydrogen-bond acceptors (Lipinski definition) is 4. The van der Waals surface area contributed by atoms with Gasteiger partial charge < -0.3 is 10.2 Å². The van der Waals surface area contributed by atoms with E-state index in [0.29, 0.717) is 18.7 Å². The molecule has 4 rings (SSSR count). The second-order valence-corrected chi connectivity index (χ2v) is 6.88. The Labute approximate surface area is 176 Å². The van der Waals surface area contributed by atoms with Crippen molar-refractivity contribution in [2.45, 2.75) is 13.1 Å². The standard InChI is InChI=1S/C25H22N4O/c30-25(22-15-23(18-27-17-22)28-16-20-11-13-26-14-12-20)29(24-9-5-2-6-10-24)19-21-7-3-1-4-8-21/h1-15,17-18,28H,16,19H2. The average Bonchev–Trinajstić information content (AvgIpc) is 2.83. The van der Waals surface area contributed by atoms with Crippen molar-refractivity contribution in [2.75, 3.05) is 10.2 Å². The topological polar surface area (TPSA) is 58.1 Å². The van der Waals surface area contributed by atoms with E-state index in [2.05, 4.69) is 15.3 Å². The molecule has 2 heterocycles. The largest absolute Gasteiger partial charge is 0.380 e. The minimum atomic E-state index is -0.0925. The molecular weight excluding hydrogens is 372 g/mol. The van der Waals surface area contributed by atoms with E-state index in [0.717, 1.165) is 22.5 Å². The molecule has 5 heteroatoms. The Morgan fingerprint density at radius 1 is 0.800 bits per heavy atom. The monoisotopic (exact) mass is 394 g/mol. The first-order valence-electron chi connectivity index (χ1n) is 9.78. The van der Waals surface area contributed by atoms with Crippen molar-refractivity contribution in [2.24, 2.45) is 0 Å². The van der Waals surface area contributed by atoms with Gasteiger partial charge in [-0.1, -0.05) is 48.5 Å². The molecule has 5 nitrogen and oxygen atoms in total. The summed E-state index contributed by atoms with van der Waals surface area (Å²) in [6.45, 7) is 1.12. The van der Waals surface area contributed by atoms with Gasteiger partial charge in [-0.05, 0) is 41.5 Å². The van der Waals surface area contributed by atoms with Crippen molar-refractivity contribution in [3.05, 3.63) is 120 Å². The summed E-state index contributed by atoms with van der Waals surface area (Å²) in [7, 11) is 0. The first kappa shape index (κ1) is 19.3. The smallest absolute Gasteiger partial charge is 0.260 e. The molecule has 0 unspecified atom stereocenters. The Morgan fingerprint density at radius 2 is 1.50 bits per heavy atom. The van der Waals surface area contributed by atoms with E-state index in [4.69, 9.17) is 0 Å². The minimum Gasteiger partial charge on any atom is -0.380 e. The van der Waals surface area contributed by atoms with Crippen LogP contribution in [0.25, 0.3) is 0 Å². The van der Waals surface area contributed by atoms with Crippen LogP contribution in [0.3, 0.4) is 0 Å². The molecule has 0 saturated heterocycles. The number of anilines is 2. The molecule has 0 aliphatic rings. The van der Waals surface area contributed by atoms with Gasteiger partial charge >= 0.3 is 0 Å².